The Morgan fingerprint density at radius 3 is 2.78 bits per heavy atom. The van der Waals surface area contributed by atoms with E-state index in [4.69, 9.17) is 16.3 Å². The number of fused-ring (bicyclic) bond motifs is 1. The van der Waals surface area contributed by atoms with Gasteiger partial charge in [0.25, 0.3) is 5.91 Å². The molecule has 2 aliphatic heterocycles. The molecular weight excluding hydrogens is 319 g/mol. The molecule has 0 N–H and O–H groups in total. The van der Waals surface area contributed by atoms with E-state index in [1.165, 1.54) is 31.0 Å². The van der Waals surface area contributed by atoms with Crippen LogP contribution >= 0.6 is 11.6 Å². The lowest BCUT2D eigenvalue weighted by atomic mass is 10.0. The van der Waals surface area contributed by atoms with Gasteiger partial charge >= 0.3 is 0 Å². The Hall–Kier alpha value is -1.17. The molecule has 0 bridgehead atoms. The van der Waals surface area contributed by atoms with Gasteiger partial charge in [-0.05, 0) is 37.0 Å². The van der Waals surface area contributed by atoms with E-state index in [1.54, 1.807) is 4.90 Å². The molecule has 2 saturated heterocycles. The van der Waals surface area contributed by atoms with Crippen molar-refractivity contribution in [3.8, 4) is 0 Å². The maximum absolute atomic E-state index is 13.5. The van der Waals surface area contributed by atoms with Gasteiger partial charge in [0.1, 0.15) is 5.82 Å². The molecule has 0 aromatic heterocycles. The highest BCUT2D eigenvalue weighted by molar-refractivity contribution is 6.31. The largest absolute Gasteiger partial charge is 0.378 e. The van der Waals surface area contributed by atoms with E-state index < -0.39 is 5.82 Å². The summed E-state index contributed by atoms with van der Waals surface area (Å²) in [6.45, 7) is 3.65. The number of rotatable bonds is 2. The van der Waals surface area contributed by atoms with E-state index in [-0.39, 0.29) is 17.0 Å². The van der Waals surface area contributed by atoms with Crippen LogP contribution in [-0.4, -0.2) is 60.6 Å². The number of carbonyl (C=O) groups excluding carboxylic acids is 1. The zero-order valence-corrected chi connectivity index (χ0v) is 13.6. The third kappa shape index (κ3) is 3.10. The number of ether oxygens (including phenoxy) is 1. The number of morpholine rings is 1. The van der Waals surface area contributed by atoms with E-state index in [2.05, 4.69) is 4.90 Å². The Morgan fingerprint density at radius 2 is 2.04 bits per heavy atom. The minimum atomic E-state index is -0.478. The van der Waals surface area contributed by atoms with Crippen molar-refractivity contribution in [2.75, 3.05) is 32.8 Å². The molecule has 4 nitrogen and oxygen atoms in total. The van der Waals surface area contributed by atoms with Gasteiger partial charge in [0.2, 0.25) is 0 Å². The first-order valence-corrected chi connectivity index (χ1v) is 8.58. The normalized spacial score (nSPS) is 28.5. The first kappa shape index (κ1) is 15.4. The van der Waals surface area contributed by atoms with Gasteiger partial charge in [-0.15, -0.1) is 0 Å². The first-order valence-electron chi connectivity index (χ1n) is 8.20. The fourth-order valence-electron chi connectivity index (χ4n) is 3.81. The molecule has 6 heteroatoms. The number of hydrogen-bond donors (Lipinski definition) is 0. The third-order valence-electron chi connectivity index (χ3n) is 5.12. The van der Waals surface area contributed by atoms with Crippen molar-refractivity contribution < 1.29 is 13.9 Å². The summed E-state index contributed by atoms with van der Waals surface area (Å²) in [4.78, 5) is 17.0. The van der Waals surface area contributed by atoms with E-state index in [1.807, 2.05) is 0 Å². The average Bonchev–Trinajstić information content (AvgIpc) is 3.37. The summed E-state index contributed by atoms with van der Waals surface area (Å²) < 4.78 is 19.3. The predicted octanol–water partition coefficient (Wildman–Crippen LogP) is 2.41. The lowest BCUT2D eigenvalue weighted by Crippen LogP contribution is -2.63. The van der Waals surface area contributed by atoms with E-state index in [0.29, 0.717) is 31.3 Å². The number of halogens is 2. The number of amides is 1. The number of hydrogen-bond acceptors (Lipinski definition) is 3. The molecule has 1 aromatic rings. The summed E-state index contributed by atoms with van der Waals surface area (Å²) in [6, 6.07) is 4.76. The molecule has 0 spiro atoms. The monoisotopic (exact) mass is 338 g/mol. The lowest BCUT2D eigenvalue weighted by molar-refractivity contribution is -0.0816. The molecule has 0 radical (unpaired) electrons. The Balaban J connectivity index is 1.48. The van der Waals surface area contributed by atoms with Crippen LogP contribution in [0.15, 0.2) is 18.2 Å². The summed E-state index contributed by atoms with van der Waals surface area (Å²) in [7, 11) is 0. The molecule has 2 atom stereocenters. The fourth-order valence-corrected chi connectivity index (χ4v) is 4.03. The summed E-state index contributed by atoms with van der Waals surface area (Å²) in [5.74, 6) is 0.135. The highest BCUT2D eigenvalue weighted by atomic mass is 35.5. The van der Waals surface area contributed by atoms with Crippen LogP contribution in [0.1, 0.15) is 23.2 Å². The number of benzene rings is 1. The zero-order valence-electron chi connectivity index (χ0n) is 12.9. The minimum absolute atomic E-state index is 0.153. The molecule has 3 fully saturated rings. The molecule has 2 heterocycles. The van der Waals surface area contributed by atoms with Crippen molar-refractivity contribution >= 4 is 17.5 Å². The SMILES string of the molecule is O=C(c1cc(F)cc(Cl)c1)N1CCN2[C@@H](COC[C@@H]2C2CC2)C1. The second-order valence-electron chi connectivity index (χ2n) is 6.74. The highest BCUT2D eigenvalue weighted by Gasteiger charge is 2.43. The lowest BCUT2D eigenvalue weighted by Gasteiger charge is -2.48. The van der Waals surface area contributed by atoms with Crippen LogP contribution in [0, 0.1) is 11.7 Å². The molecule has 1 amide bonds. The van der Waals surface area contributed by atoms with Gasteiger partial charge in [0, 0.05) is 36.3 Å². The second-order valence-corrected chi connectivity index (χ2v) is 7.18. The molecular formula is C17H20ClFN2O2. The Kier molecular flexibility index (Phi) is 4.03. The second kappa shape index (κ2) is 6.04. The van der Waals surface area contributed by atoms with Gasteiger partial charge in [0.15, 0.2) is 0 Å². The van der Waals surface area contributed by atoms with Crippen molar-refractivity contribution in [2.24, 2.45) is 5.92 Å². The van der Waals surface area contributed by atoms with E-state index in [9.17, 15) is 9.18 Å². The van der Waals surface area contributed by atoms with Crippen LogP contribution in [0.25, 0.3) is 0 Å². The van der Waals surface area contributed by atoms with E-state index in [0.717, 1.165) is 19.1 Å². The standard InChI is InChI=1S/C17H20ClFN2O2/c18-13-5-12(6-14(19)7-13)17(22)20-3-4-21-15(8-20)9-23-10-16(21)11-1-2-11/h5-7,11,15-16H,1-4,8-10H2/t15-,16-/m1/s1. The number of nitrogens with zero attached hydrogens (tertiary/aromatic N) is 2. The predicted molar refractivity (Wildman–Crippen MR) is 85.1 cm³/mol. The van der Waals surface area contributed by atoms with Crippen molar-refractivity contribution in [1.82, 2.24) is 9.80 Å². The van der Waals surface area contributed by atoms with Crippen LogP contribution in [-0.2, 0) is 4.74 Å². The number of carbonyl (C=O) groups is 1. The van der Waals surface area contributed by atoms with Crippen LogP contribution in [0.2, 0.25) is 5.02 Å². The third-order valence-corrected chi connectivity index (χ3v) is 5.33. The average molecular weight is 339 g/mol. The molecule has 1 saturated carbocycles. The van der Waals surface area contributed by atoms with E-state index >= 15 is 0 Å². The highest BCUT2D eigenvalue weighted by Crippen LogP contribution is 2.38. The van der Waals surface area contributed by atoms with Crippen molar-refractivity contribution in [2.45, 2.75) is 24.9 Å². The summed E-state index contributed by atoms with van der Waals surface area (Å²) in [5, 5.41) is 0.252. The summed E-state index contributed by atoms with van der Waals surface area (Å²) in [5.41, 5.74) is 0.318. The summed E-state index contributed by atoms with van der Waals surface area (Å²) in [6.07, 6.45) is 2.59. The van der Waals surface area contributed by atoms with Crippen molar-refractivity contribution in [3.63, 3.8) is 0 Å². The molecule has 0 unspecified atom stereocenters. The maximum atomic E-state index is 13.5. The molecule has 3 aliphatic rings. The molecule has 124 valence electrons. The van der Waals surface area contributed by atoms with Crippen LogP contribution in [0.5, 0.6) is 0 Å². The number of piperazine rings is 1. The quantitative estimate of drug-likeness (QED) is 0.830. The first-order chi connectivity index (χ1) is 11.1. The molecule has 23 heavy (non-hydrogen) atoms. The molecule has 1 aromatic carbocycles. The van der Waals surface area contributed by atoms with Crippen LogP contribution < -0.4 is 0 Å². The minimum Gasteiger partial charge on any atom is -0.378 e. The van der Waals surface area contributed by atoms with Crippen LogP contribution in [0.3, 0.4) is 0 Å². The fraction of sp³-hybridized carbons (Fsp3) is 0.588. The van der Waals surface area contributed by atoms with Gasteiger partial charge in [-0.3, -0.25) is 9.69 Å². The Labute approximate surface area is 140 Å². The zero-order chi connectivity index (χ0) is 16.0. The van der Waals surface area contributed by atoms with Crippen LogP contribution in [0.4, 0.5) is 4.39 Å². The van der Waals surface area contributed by atoms with Gasteiger partial charge < -0.3 is 9.64 Å². The van der Waals surface area contributed by atoms with Gasteiger partial charge in [-0.25, -0.2) is 4.39 Å². The smallest absolute Gasteiger partial charge is 0.254 e. The van der Waals surface area contributed by atoms with Gasteiger partial charge in [-0.1, -0.05) is 11.6 Å². The van der Waals surface area contributed by atoms with Crippen molar-refractivity contribution in [1.29, 1.82) is 0 Å². The molecule has 4 rings (SSSR count). The summed E-state index contributed by atoms with van der Waals surface area (Å²) >= 11 is 5.87. The topological polar surface area (TPSA) is 32.8 Å². The molecule has 1 aliphatic carbocycles. The Bertz CT molecular complexity index is 602. The van der Waals surface area contributed by atoms with Gasteiger partial charge in [0.05, 0.1) is 19.3 Å². The van der Waals surface area contributed by atoms with Crippen molar-refractivity contribution in [3.05, 3.63) is 34.6 Å². The van der Waals surface area contributed by atoms with Gasteiger partial charge in [-0.2, -0.15) is 0 Å². The maximum Gasteiger partial charge on any atom is 0.254 e. The Morgan fingerprint density at radius 1 is 1.22 bits per heavy atom.